The van der Waals surface area contributed by atoms with Crippen LogP contribution in [0.25, 0.3) is 43.6 Å². The fourth-order valence-electron chi connectivity index (χ4n) is 5.89. The fraction of sp³-hybridized carbons (Fsp3) is 0.179. The first-order chi connectivity index (χ1) is 17.5. The van der Waals surface area contributed by atoms with E-state index < -0.39 is 24.0 Å². The minimum absolute atomic E-state index is 0.0415. The zero-order chi connectivity index (χ0) is 24.7. The fourth-order valence-corrected chi connectivity index (χ4v) is 5.89. The summed E-state index contributed by atoms with van der Waals surface area (Å²) in [6.45, 7) is 1.67. The number of imide groups is 3. The molecule has 36 heavy (non-hydrogen) atoms. The molecule has 0 bridgehead atoms. The lowest BCUT2D eigenvalue weighted by Gasteiger charge is -2.16. The highest BCUT2D eigenvalue weighted by Crippen LogP contribution is 2.47. The number of amides is 3. The highest BCUT2D eigenvalue weighted by molar-refractivity contribution is 6.41. The molecule has 2 aliphatic rings. The standard InChI is InChI=1S/C28H21N3O5/c1-2-36-28(35)31-26(33)22-20-16-7-3-5-9-18(16)29-24(20)25-21(23(22)27(31)34)17-8-4-6-10-19(17)30(25)14-11-12-15(32)13-14/h3-12,14-15,29,32H,2,13H2,1H3/t14?,15-/m1/s1. The first kappa shape index (κ1) is 20.9. The lowest BCUT2D eigenvalue weighted by atomic mass is 9.96. The van der Waals surface area contributed by atoms with Crippen molar-refractivity contribution in [2.24, 2.45) is 0 Å². The molecule has 0 spiro atoms. The highest BCUT2D eigenvalue weighted by atomic mass is 16.6. The Morgan fingerprint density at radius 1 is 1.00 bits per heavy atom. The van der Waals surface area contributed by atoms with Crippen molar-refractivity contribution in [3.63, 3.8) is 0 Å². The molecule has 0 saturated heterocycles. The van der Waals surface area contributed by atoms with Crippen molar-refractivity contribution in [3.8, 4) is 0 Å². The first-order valence-electron chi connectivity index (χ1n) is 11.9. The van der Waals surface area contributed by atoms with Gasteiger partial charge < -0.3 is 19.4 Å². The van der Waals surface area contributed by atoms with E-state index in [1.54, 1.807) is 13.0 Å². The number of aliphatic hydroxyl groups is 1. The van der Waals surface area contributed by atoms with Crippen molar-refractivity contribution in [1.29, 1.82) is 0 Å². The number of benzene rings is 3. The van der Waals surface area contributed by atoms with Gasteiger partial charge in [-0.2, -0.15) is 4.90 Å². The van der Waals surface area contributed by atoms with Crippen LogP contribution < -0.4 is 0 Å². The molecule has 2 aromatic heterocycles. The van der Waals surface area contributed by atoms with E-state index in [1.807, 2.05) is 54.6 Å². The van der Waals surface area contributed by atoms with Crippen LogP contribution >= 0.6 is 0 Å². The number of carbonyl (C=O) groups is 3. The molecule has 0 fully saturated rings. The number of aromatic nitrogens is 2. The van der Waals surface area contributed by atoms with Gasteiger partial charge in [0.25, 0.3) is 11.8 Å². The van der Waals surface area contributed by atoms with Gasteiger partial charge in [0.2, 0.25) is 0 Å². The van der Waals surface area contributed by atoms with Crippen LogP contribution in [-0.2, 0) is 4.74 Å². The number of hydrogen-bond acceptors (Lipinski definition) is 5. The molecule has 3 aromatic carbocycles. The monoisotopic (exact) mass is 479 g/mol. The Morgan fingerprint density at radius 2 is 1.69 bits per heavy atom. The SMILES string of the molecule is CCOC(=O)N1C(=O)c2c(c3c4ccccc4n(C4C=C[C@@H](O)C4)c3c3[nH]c4ccccc4c23)C1=O. The molecule has 8 nitrogen and oxygen atoms in total. The number of aliphatic hydroxyl groups excluding tert-OH is 1. The van der Waals surface area contributed by atoms with Gasteiger partial charge in [0, 0.05) is 39.0 Å². The molecule has 2 atom stereocenters. The summed E-state index contributed by atoms with van der Waals surface area (Å²) in [5.41, 5.74) is 3.57. The quantitative estimate of drug-likeness (QED) is 0.273. The average Bonchev–Trinajstić information content (AvgIpc) is 3.60. The third-order valence-electron chi connectivity index (χ3n) is 7.26. The second kappa shape index (κ2) is 7.29. The predicted molar refractivity (Wildman–Crippen MR) is 135 cm³/mol. The number of allylic oxidation sites excluding steroid dienone is 1. The van der Waals surface area contributed by atoms with E-state index in [9.17, 15) is 19.5 Å². The van der Waals surface area contributed by atoms with Crippen molar-refractivity contribution < 1.29 is 24.2 Å². The van der Waals surface area contributed by atoms with Crippen LogP contribution in [-0.4, -0.2) is 50.2 Å². The molecule has 2 N–H and O–H groups in total. The molecule has 3 heterocycles. The molecular formula is C28H21N3O5. The zero-order valence-corrected chi connectivity index (χ0v) is 19.3. The summed E-state index contributed by atoms with van der Waals surface area (Å²) in [6.07, 6.45) is 2.69. The second-order valence-corrected chi connectivity index (χ2v) is 9.18. The topological polar surface area (TPSA) is 105 Å². The van der Waals surface area contributed by atoms with Crippen molar-refractivity contribution in [2.75, 3.05) is 6.61 Å². The van der Waals surface area contributed by atoms with Gasteiger partial charge in [0.05, 0.1) is 40.9 Å². The number of hydrogen-bond donors (Lipinski definition) is 2. The van der Waals surface area contributed by atoms with Crippen molar-refractivity contribution in [3.05, 3.63) is 71.8 Å². The number of carbonyl (C=O) groups excluding carboxylic acids is 3. The summed E-state index contributed by atoms with van der Waals surface area (Å²) in [6, 6.07) is 15.2. The molecule has 0 radical (unpaired) electrons. The Hall–Kier alpha value is -4.43. The minimum atomic E-state index is -0.976. The summed E-state index contributed by atoms with van der Waals surface area (Å²) in [5, 5.41) is 13.1. The number of ether oxygens (including phenoxy) is 1. The van der Waals surface area contributed by atoms with Crippen LogP contribution in [0.4, 0.5) is 4.79 Å². The second-order valence-electron chi connectivity index (χ2n) is 9.18. The van der Waals surface area contributed by atoms with Gasteiger partial charge in [-0.15, -0.1) is 0 Å². The zero-order valence-electron chi connectivity index (χ0n) is 19.3. The molecule has 0 saturated carbocycles. The van der Waals surface area contributed by atoms with E-state index in [1.165, 1.54) is 0 Å². The van der Waals surface area contributed by atoms with Crippen LogP contribution in [0.3, 0.4) is 0 Å². The number of H-pyrrole nitrogens is 1. The van der Waals surface area contributed by atoms with Gasteiger partial charge in [-0.1, -0.05) is 48.6 Å². The number of rotatable bonds is 2. The lowest BCUT2D eigenvalue weighted by Crippen LogP contribution is -2.36. The van der Waals surface area contributed by atoms with E-state index in [-0.39, 0.29) is 23.8 Å². The summed E-state index contributed by atoms with van der Waals surface area (Å²) in [4.78, 5) is 44.3. The molecule has 8 heteroatoms. The normalized spacial score (nSPS) is 19.4. The van der Waals surface area contributed by atoms with Gasteiger partial charge in [-0.05, 0) is 19.1 Å². The van der Waals surface area contributed by atoms with E-state index in [4.69, 9.17) is 4.74 Å². The number of nitrogens with zero attached hydrogens (tertiary/aromatic N) is 2. The van der Waals surface area contributed by atoms with Crippen molar-refractivity contribution >= 4 is 61.5 Å². The highest BCUT2D eigenvalue weighted by Gasteiger charge is 2.45. The van der Waals surface area contributed by atoms with Gasteiger partial charge in [-0.25, -0.2) is 4.79 Å². The van der Waals surface area contributed by atoms with Gasteiger partial charge in [-0.3, -0.25) is 9.59 Å². The third kappa shape index (κ3) is 2.54. The number of para-hydroxylation sites is 2. The van der Waals surface area contributed by atoms with Crippen LogP contribution in [0.1, 0.15) is 40.1 Å². The van der Waals surface area contributed by atoms with E-state index in [0.717, 1.165) is 27.3 Å². The Balaban J connectivity index is 1.71. The van der Waals surface area contributed by atoms with Gasteiger partial charge in [0.1, 0.15) is 0 Å². The average molecular weight is 479 g/mol. The minimum Gasteiger partial charge on any atom is -0.449 e. The summed E-state index contributed by atoms with van der Waals surface area (Å²) >= 11 is 0. The molecule has 7 rings (SSSR count). The maximum absolute atomic E-state index is 13.8. The maximum Gasteiger partial charge on any atom is 0.424 e. The number of aromatic amines is 1. The predicted octanol–water partition coefficient (Wildman–Crippen LogP) is 5.04. The van der Waals surface area contributed by atoms with Gasteiger partial charge in [0.15, 0.2) is 0 Å². The molecule has 1 aliphatic heterocycles. The smallest absolute Gasteiger partial charge is 0.424 e. The Morgan fingerprint density at radius 3 is 2.42 bits per heavy atom. The number of nitrogens with one attached hydrogen (secondary N) is 1. The van der Waals surface area contributed by atoms with Gasteiger partial charge >= 0.3 is 6.09 Å². The van der Waals surface area contributed by atoms with Crippen LogP contribution in [0, 0.1) is 0 Å². The summed E-state index contributed by atoms with van der Waals surface area (Å²) < 4.78 is 7.20. The molecule has 178 valence electrons. The Labute approximate surface area is 204 Å². The lowest BCUT2D eigenvalue weighted by molar-refractivity contribution is 0.0597. The molecule has 1 unspecified atom stereocenters. The van der Waals surface area contributed by atoms with E-state index in [2.05, 4.69) is 9.55 Å². The number of fused-ring (bicyclic) bond motifs is 10. The molecule has 1 aliphatic carbocycles. The summed E-state index contributed by atoms with van der Waals surface area (Å²) in [5.74, 6) is -1.37. The Bertz CT molecular complexity index is 1830. The molecular weight excluding hydrogens is 458 g/mol. The molecule has 3 amide bonds. The van der Waals surface area contributed by atoms with Crippen LogP contribution in [0.2, 0.25) is 0 Å². The van der Waals surface area contributed by atoms with Crippen LogP contribution in [0.5, 0.6) is 0 Å². The first-order valence-corrected chi connectivity index (χ1v) is 11.9. The third-order valence-corrected chi connectivity index (χ3v) is 7.26. The van der Waals surface area contributed by atoms with E-state index >= 15 is 0 Å². The van der Waals surface area contributed by atoms with Crippen molar-refractivity contribution in [2.45, 2.75) is 25.5 Å². The van der Waals surface area contributed by atoms with Crippen molar-refractivity contribution in [1.82, 2.24) is 14.5 Å². The van der Waals surface area contributed by atoms with Crippen LogP contribution in [0.15, 0.2) is 60.7 Å². The van der Waals surface area contributed by atoms with E-state index in [0.29, 0.717) is 27.6 Å². The summed E-state index contributed by atoms with van der Waals surface area (Å²) in [7, 11) is 0. The largest absolute Gasteiger partial charge is 0.449 e. The molecule has 5 aromatic rings. The Kier molecular flexibility index (Phi) is 4.23. The maximum atomic E-state index is 13.8.